The maximum absolute atomic E-state index is 13.0. The van der Waals surface area contributed by atoms with E-state index in [1.54, 1.807) is 12.1 Å². The summed E-state index contributed by atoms with van der Waals surface area (Å²) >= 11 is 0. The van der Waals surface area contributed by atoms with Crippen LogP contribution in [0.4, 0.5) is 4.39 Å². The Morgan fingerprint density at radius 2 is 1.93 bits per heavy atom. The number of halogens is 1. The van der Waals surface area contributed by atoms with Gasteiger partial charge in [-0.15, -0.1) is 0 Å². The van der Waals surface area contributed by atoms with E-state index >= 15 is 0 Å². The van der Waals surface area contributed by atoms with Crippen LogP contribution in [0.3, 0.4) is 0 Å². The van der Waals surface area contributed by atoms with Gasteiger partial charge in [0.15, 0.2) is 6.61 Å². The van der Waals surface area contributed by atoms with Crippen LogP contribution >= 0.6 is 0 Å². The Kier molecular flexibility index (Phi) is 3.66. The maximum atomic E-state index is 13.0. The minimum Gasteiger partial charge on any atom is -0.455 e. The molecule has 0 aliphatic heterocycles. The Balaban J connectivity index is 1.27. The fourth-order valence-electron chi connectivity index (χ4n) is 5.76. The van der Waals surface area contributed by atoms with Crippen LogP contribution in [0.1, 0.15) is 44.4 Å². The molecule has 0 saturated heterocycles. The van der Waals surface area contributed by atoms with E-state index in [1.807, 2.05) is 0 Å². The zero-order valence-corrected chi connectivity index (χ0v) is 14.9. The number of aromatic nitrogens is 2. The average molecular weight is 372 g/mol. The topological polar surface area (TPSA) is 85.5 Å². The van der Waals surface area contributed by atoms with E-state index in [0.29, 0.717) is 29.6 Å². The van der Waals surface area contributed by atoms with Crippen molar-refractivity contribution in [3.8, 4) is 11.4 Å². The Hall–Kier alpha value is -2.28. The number of nitrogens with zero attached hydrogens (tertiary/aromatic N) is 2. The molecule has 1 aromatic heterocycles. The van der Waals surface area contributed by atoms with E-state index in [9.17, 15) is 14.3 Å². The monoisotopic (exact) mass is 372 g/mol. The lowest BCUT2D eigenvalue weighted by atomic mass is 9.48. The first-order valence-corrected chi connectivity index (χ1v) is 9.41. The van der Waals surface area contributed by atoms with Gasteiger partial charge >= 0.3 is 5.97 Å². The molecule has 0 amide bonds. The van der Waals surface area contributed by atoms with Gasteiger partial charge in [-0.3, -0.25) is 4.79 Å². The van der Waals surface area contributed by atoms with Crippen LogP contribution in [-0.4, -0.2) is 26.8 Å². The summed E-state index contributed by atoms with van der Waals surface area (Å²) < 4.78 is 23.7. The van der Waals surface area contributed by atoms with Gasteiger partial charge in [-0.05, 0) is 74.6 Å². The van der Waals surface area contributed by atoms with Crippen LogP contribution in [0.15, 0.2) is 28.8 Å². The van der Waals surface area contributed by atoms with Crippen molar-refractivity contribution < 1.29 is 23.6 Å². The summed E-state index contributed by atoms with van der Waals surface area (Å²) in [4.78, 5) is 17.1. The summed E-state index contributed by atoms with van der Waals surface area (Å²) in [6, 6.07) is 5.77. The zero-order valence-electron chi connectivity index (χ0n) is 14.9. The largest absolute Gasteiger partial charge is 0.455 e. The van der Waals surface area contributed by atoms with Crippen LogP contribution in [0.25, 0.3) is 11.4 Å². The number of benzene rings is 1. The molecule has 4 aliphatic rings. The van der Waals surface area contributed by atoms with Crippen LogP contribution < -0.4 is 0 Å². The highest BCUT2D eigenvalue weighted by Crippen LogP contribution is 2.62. The normalized spacial score (nSPS) is 34.0. The van der Waals surface area contributed by atoms with Gasteiger partial charge in [0.05, 0.1) is 11.0 Å². The second-order valence-corrected chi connectivity index (χ2v) is 8.56. The third-order valence-corrected chi connectivity index (χ3v) is 6.36. The summed E-state index contributed by atoms with van der Waals surface area (Å²) in [5, 5.41) is 14.6. The lowest BCUT2D eigenvalue weighted by molar-refractivity contribution is -0.197. The molecule has 4 saturated carbocycles. The highest BCUT2D eigenvalue weighted by atomic mass is 19.1. The molecule has 1 aromatic carbocycles. The van der Waals surface area contributed by atoms with Crippen LogP contribution in [0.5, 0.6) is 0 Å². The van der Waals surface area contributed by atoms with E-state index in [0.717, 1.165) is 32.1 Å². The van der Waals surface area contributed by atoms with Gasteiger partial charge in [0.1, 0.15) is 5.82 Å². The van der Waals surface area contributed by atoms with Gasteiger partial charge in [-0.1, -0.05) is 5.16 Å². The molecule has 4 fully saturated rings. The van der Waals surface area contributed by atoms with Crippen molar-refractivity contribution >= 4 is 5.97 Å². The van der Waals surface area contributed by atoms with E-state index in [4.69, 9.17) is 9.26 Å². The van der Waals surface area contributed by atoms with Crippen LogP contribution in [0, 0.1) is 23.1 Å². The molecule has 142 valence electrons. The van der Waals surface area contributed by atoms with Crippen molar-refractivity contribution in [1.82, 2.24) is 10.1 Å². The van der Waals surface area contributed by atoms with E-state index in [2.05, 4.69) is 10.1 Å². The number of esters is 1. The molecule has 0 radical (unpaired) electrons. The number of aliphatic hydroxyl groups is 1. The lowest BCUT2D eigenvalue weighted by Gasteiger charge is -2.58. The predicted octanol–water partition coefficient (Wildman–Crippen LogP) is 3.25. The van der Waals surface area contributed by atoms with Crippen molar-refractivity contribution in [2.24, 2.45) is 17.3 Å². The van der Waals surface area contributed by atoms with E-state index in [1.165, 1.54) is 12.1 Å². The molecule has 7 heteroatoms. The highest BCUT2D eigenvalue weighted by molar-refractivity contribution is 5.77. The fourth-order valence-corrected chi connectivity index (χ4v) is 5.76. The second-order valence-electron chi connectivity index (χ2n) is 8.56. The molecule has 6 rings (SSSR count). The number of carbonyl (C=O) groups is 1. The Labute approximate surface area is 155 Å². The Bertz CT molecular complexity index is 864. The first-order chi connectivity index (χ1) is 12.9. The minimum absolute atomic E-state index is 0.0947. The molecule has 27 heavy (non-hydrogen) atoms. The third kappa shape index (κ3) is 2.94. The minimum atomic E-state index is -0.705. The van der Waals surface area contributed by atoms with Crippen LogP contribution in [0.2, 0.25) is 0 Å². The van der Waals surface area contributed by atoms with Crippen LogP contribution in [-0.2, 0) is 16.1 Å². The van der Waals surface area contributed by atoms with E-state index < -0.39 is 11.0 Å². The fraction of sp³-hybridized carbons (Fsp3) is 0.550. The Morgan fingerprint density at radius 3 is 2.59 bits per heavy atom. The molecular formula is C20H21FN2O4. The van der Waals surface area contributed by atoms with Gasteiger partial charge in [0.2, 0.25) is 5.82 Å². The smallest absolute Gasteiger partial charge is 0.312 e. The summed E-state index contributed by atoms with van der Waals surface area (Å²) in [7, 11) is 0. The summed E-state index contributed by atoms with van der Waals surface area (Å²) in [5.74, 6) is 0.746. The molecule has 4 aliphatic carbocycles. The summed E-state index contributed by atoms with van der Waals surface area (Å²) in [6.07, 6.45) is 4.83. The van der Waals surface area contributed by atoms with Crippen molar-refractivity contribution in [2.75, 3.05) is 0 Å². The summed E-state index contributed by atoms with van der Waals surface area (Å²) in [6.45, 7) is -0.0947. The molecular weight excluding hydrogens is 351 g/mol. The van der Waals surface area contributed by atoms with Gasteiger partial charge in [-0.2, -0.15) is 4.98 Å². The number of hydrogen-bond acceptors (Lipinski definition) is 6. The molecule has 4 bridgehead atoms. The number of carbonyl (C=O) groups excluding carboxylic acids is 1. The number of rotatable bonds is 4. The molecule has 6 nitrogen and oxygen atoms in total. The van der Waals surface area contributed by atoms with Gasteiger partial charge in [-0.25, -0.2) is 4.39 Å². The standard InChI is InChI=1S/C20H21FN2O4/c21-15-3-1-14(2-4-15)17-22-16(27-23-17)10-26-18(24)19-6-12-5-13(7-19)9-20(25,8-12)11-19/h1-4,12-13,25H,5-11H2. The van der Waals surface area contributed by atoms with Crippen molar-refractivity contribution in [2.45, 2.75) is 50.7 Å². The second kappa shape index (κ2) is 5.86. The van der Waals surface area contributed by atoms with Gasteiger partial charge in [0.25, 0.3) is 5.89 Å². The third-order valence-electron chi connectivity index (χ3n) is 6.36. The number of hydrogen-bond donors (Lipinski definition) is 1. The van der Waals surface area contributed by atoms with Gasteiger partial charge < -0.3 is 14.4 Å². The quantitative estimate of drug-likeness (QED) is 0.829. The number of ether oxygens (including phenoxy) is 1. The lowest BCUT2D eigenvalue weighted by Crippen LogP contribution is -2.58. The molecule has 2 unspecified atom stereocenters. The first kappa shape index (κ1) is 16.9. The van der Waals surface area contributed by atoms with E-state index in [-0.39, 0.29) is 24.3 Å². The van der Waals surface area contributed by atoms with Crippen molar-refractivity contribution in [3.63, 3.8) is 0 Å². The molecule has 2 atom stereocenters. The summed E-state index contributed by atoms with van der Waals surface area (Å²) in [5.41, 5.74) is -0.650. The maximum Gasteiger partial charge on any atom is 0.312 e. The SMILES string of the molecule is O=C(OCc1nc(-c2ccc(F)cc2)no1)C12CC3CC(CC(O)(C3)C1)C2. The highest BCUT2D eigenvalue weighted by Gasteiger charge is 2.60. The Morgan fingerprint density at radius 1 is 1.22 bits per heavy atom. The predicted molar refractivity (Wildman–Crippen MR) is 91.6 cm³/mol. The average Bonchev–Trinajstić information content (AvgIpc) is 3.07. The van der Waals surface area contributed by atoms with Gasteiger partial charge in [0, 0.05) is 5.56 Å². The molecule has 0 spiro atoms. The van der Waals surface area contributed by atoms with Crippen molar-refractivity contribution in [3.05, 3.63) is 36.0 Å². The zero-order chi connectivity index (χ0) is 18.6. The molecule has 2 aromatic rings. The molecule has 1 heterocycles. The first-order valence-electron chi connectivity index (χ1n) is 9.41. The molecule has 1 N–H and O–H groups in total. The van der Waals surface area contributed by atoms with Crippen molar-refractivity contribution in [1.29, 1.82) is 0 Å².